The second-order valence-electron chi connectivity index (χ2n) is 12.7. The van der Waals surface area contributed by atoms with Crippen LogP contribution in [0.1, 0.15) is 47.4 Å². The van der Waals surface area contributed by atoms with Gasteiger partial charge in [0.25, 0.3) is 11.8 Å². The van der Waals surface area contributed by atoms with E-state index in [1.54, 1.807) is 41.5 Å². The first kappa shape index (κ1) is 39.1. The molecule has 1 unspecified atom stereocenters. The number of aliphatic carboxylic acids is 1. The molecule has 4 rings (SSSR count). The molecule has 0 radical (unpaired) electrons. The van der Waals surface area contributed by atoms with Crippen LogP contribution in [0, 0.1) is 0 Å². The van der Waals surface area contributed by atoms with Crippen molar-refractivity contribution in [2.24, 2.45) is 5.16 Å². The molecule has 4 heterocycles. The largest absolute Gasteiger partial charge is 0.477 e. The van der Waals surface area contributed by atoms with Crippen molar-refractivity contribution in [1.82, 2.24) is 50.4 Å². The molecule has 2 aliphatic rings. The Morgan fingerprint density at radius 2 is 1.75 bits per heavy atom. The fraction of sp³-hybridized carbons (Fsp3) is 0.593. The Balaban J connectivity index is 1.36. The van der Waals surface area contributed by atoms with E-state index in [0.717, 1.165) is 16.4 Å². The monoisotopic (exact) mass is 770 g/mol. The number of aromatic nitrogens is 6. The number of alkyl carbamates (subject to hydrolysis) is 2. The lowest BCUT2D eigenvalue weighted by atomic mass is 10.0. The number of hydrogen-bond donors (Lipinski definition) is 5. The number of β-lactam (4-membered cyclic amide) rings is 1. The van der Waals surface area contributed by atoms with Crippen LogP contribution in [-0.4, -0.2) is 129 Å². The summed E-state index contributed by atoms with van der Waals surface area (Å²) in [5, 5.41) is 32.9. The Morgan fingerprint density at radius 3 is 2.35 bits per heavy atom. The van der Waals surface area contributed by atoms with Gasteiger partial charge in [0.05, 0.1) is 13.1 Å². The van der Waals surface area contributed by atoms with Crippen molar-refractivity contribution in [2.45, 2.75) is 75.9 Å². The first-order chi connectivity index (χ1) is 23.9. The first-order valence-corrected chi connectivity index (χ1v) is 18.1. The number of nitrogens with zero attached hydrogens (tertiary/aromatic N) is 8. The Hall–Kier alpha value is -4.71. The van der Waals surface area contributed by atoms with Crippen LogP contribution in [-0.2, 0) is 35.2 Å². The van der Waals surface area contributed by atoms with E-state index in [1.807, 2.05) is 0 Å². The van der Waals surface area contributed by atoms with Crippen LogP contribution < -0.4 is 21.7 Å². The van der Waals surface area contributed by atoms with Gasteiger partial charge < -0.3 is 41.1 Å². The number of ether oxygens (including phenoxy) is 2. The molecule has 21 nitrogen and oxygen atoms in total. The zero-order valence-corrected chi connectivity index (χ0v) is 30.9. The lowest BCUT2D eigenvalue weighted by Crippen LogP contribution is -2.71. The van der Waals surface area contributed by atoms with Crippen molar-refractivity contribution in [1.29, 1.82) is 0 Å². The number of fused-ring (bicyclic) bond motifs is 1. The summed E-state index contributed by atoms with van der Waals surface area (Å²) in [6.07, 6.45) is -1.25. The summed E-state index contributed by atoms with van der Waals surface area (Å²) >= 11 is 3.24. The molecule has 4 amide bonds. The Labute approximate surface area is 304 Å². The number of hydrogen-bond acceptors (Lipinski definition) is 18. The van der Waals surface area contributed by atoms with Gasteiger partial charge in [-0.3, -0.25) is 14.5 Å². The molecule has 1 fully saturated rings. The van der Waals surface area contributed by atoms with Crippen LogP contribution in [0.25, 0.3) is 0 Å². The maximum atomic E-state index is 13.3. The first-order valence-electron chi connectivity index (χ1n) is 15.3. The Morgan fingerprint density at radius 1 is 1.08 bits per heavy atom. The molecule has 24 heteroatoms. The number of anilines is 1. The van der Waals surface area contributed by atoms with Gasteiger partial charge in [0, 0.05) is 29.6 Å². The fourth-order valence-electron chi connectivity index (χ4n) is 4.31. The molecule has 0 saturated carbocycles. The SMILES string of the molecule is CC(C)(C)OC(=O)NCCO/N=C(\C(=O)NC1C(=O)N2C(C(=O)O)=C(CSc3nnnn3CCNC(=O)OC(C)(C)C)CS[C@H]12)c1nsc(N)n1. The number of nitrogens with one attached hydrogen (secondary N) is 3. The van der Waals surface area contributed by atoms with Gasteiger partial charge in [0.2, 0.25) is 16.7 Å². The summed E-state index contributed by atoms with van der Waals surface area (Å²) in [5.41, 5.74) is 4.22. The number of carboxylic acids is 1. The molecule has 51 heavy (non-hydrogen) atoms. The van der Waals surface area contributed by atoms with Gasteiger partial charge in [-0.2, -0.15) is 9.36 Å². The molecular formula is C27H38N12O9S3. The van der Waals surface area contributed by atoms with Crippen LogP contribution in [0.3, 0.4) is 0 Å². The highest BCUT2D eigenvalue weighted by Gasteiger charge is 2.54. The molecule has 278 valence electrons. The number of nitrogen functional groups attached to an aromatic ring is 1. The summed E-state index contributed by atoms with van der Waals surface area (Å²) in [6.45, 7) is 10.6. The van der Waals surface area contributed by atoms with Crippen molar-refractivity contribution >= 4 is 75.9 Å². The summed E-state index contributed by atoms with van der Waals surface area (Å²) < 4.78 is 15.8. The van der Waals surface area contributed by atoms with Gasteiger partial charge in [-0.1, -0.05) is 16.9 Å². The van der Waals surface area contributed by atoms with E-state index in [9.17, 15) is 29.1 Å². The molecule has 2 atom stereocenters. The number of nitrogens with two attached hydrogens (primary N) is 1. The molecule has 0 aliphatic carbocycles. The van der Waals surface area contributed by atoms with E-state index in [2.05, 4.69) is 46.0 Å². The normalized spacial score (nSPS) is 17.6. The van der Waals surface area contributed by atoms with E-state index < -0.39 is 52.6 Å². The molecule has 1 saturated heterocycles. The third kappa shape index (κ3) is 10.9. The number of rotatable bonds is 14. The zero-order valence-electron chi connectivity index (χ0n) is 28.5. The number of oxime groups is 1. The minimum atomic E-state index is -1.31. The Bertz CT molecular complexity index is 1700. The van der Waals surface area contributed by atoms with E-state index in [1.165, 1.54) is 28.2 Å². The van der Waals surface area contributed by atoms with Crippen molar-refractivity contribution in [3.05, 3.63) is 17.1 Å². The van der Waals surface area contributed by atoms with E-state index in [0.29, 0.717) is 10.7 Å². The number of tetrazole rings is 1. The summed E-state index contributed by atoms with van der Waals surface area (Å²) in [4.78, 5) is 73.1. The van der Waals surface area contributed by atoms with Crippen molar-refractivity contribution in [2.75, 3.05) is 36.9 Å². The quantitative estimate of drug-likeness (QED) is 0.0572. The number of carbonyl (C=O) groups is 5. The predicted octanol–water partition coefficient (Wildman–Crippen LogP) is 0.408. The summed E-state index contributed by atoms with van der Waals surface area (Å²) in [7, 11) is 0. The molecular weight excluding hydrogens is 733 g/mol. The smallest absolute Gasteiger partial charge is 0.407 e. The van der Waals surface area contributed by atoms with Crippen LogP contribution in [0.4, 0.5) is 14.7 Å². The average molecular weight is 771 g/mol. The van der Waals surface area contributed by atoms with E-state index >= 15 is 0 Å². The second-order valence-corrected chi connectivity index (χ2v) is 15.5. The topological polar surface area (TPSA) is 280 Å². The highest BCUT2D eigenvalue weighted by Crippen LogP contribution is 2.41. The fourth-order valence-corrected chi connectivity index (χ4v) is 7.14. The van der Waals surface area contributed by atoms with Crippen LogP contribution >= 0.6 is 35.1 Å². The molecule has 0 aromatic carbocycles. The average Bonchev–Trinajstić information content (AvgIpc) is 3.66. The van der Waals surface area contributed by atoms with Crippen LogP contribution in [0.5, 0.6) is 0 Å². The van der Waals surface area contributed by atoms with Gasteiger partial charge in [-0.05, 0) is 57.5 Å². The molecule has 2 aromatic heterocycles. The number of thioether (sulfide) groups is 2. The summed E-state index contributed by atoms with van der Waals surface area (Å²) in [5.74, 6) is -2.59. The maximum absolute atomic E-state index is 13.3. The van der Waals surface area contributed by atoms with Gasteiger partial charge in [-0.15, -0.1) is 16.9 Å². The summed E-state index contributed by atoms with van der Waals surface area (Å²) in [6, 6.07) is -1.09. The lowest BCUT2D eigenvalue weighted by molar-refractivity contribution is -0.150. The minimum absolute atomic E-state index is 0.000128. The molecule has 0 spiro atoms. The number of carbonyl (C=O) groups excluding carboxylic acids is 4. The van der Waals surface area contributed by atoms with Crippen LogP contribution in [0.15, 0.2) is 21.6 Å². The highest BCUT2D eigenvalue weighted by atomic mass is 32.2. The van der Waals surface area contributed by atoms with Gasteiger partial charge in [0.15, 0.2) is 5.13 Å². The van der Waals surface area contributed by atoms with Gasteiger partial charge in [-0.25, -0.2) is 19.1 Å². The zero-order chi connectivity index (χ0) is 37.5. The highest BCUT2D eigenvalue weighted by molar-refractivity contribution is 8.01. The van der Waals surface area contributed by atoms with E-state index in [4.69, 9.17) is 20.0 Å². The minimum Gasteiger partial charge on any atom is -0.477 e. The third-order valence-electron chi connectivity index (χ3n) is 6.29. The molecule has 2 aromatic rings. The maximum Gasteiger partial charge on any atom is 0.407 e. The van der Waals surface area contributed by atoms with Gasteiger partial charge >= 0.3 is 18.2 Å². The van der Waals surface area contributed by atoms with Crippen LogP contribution in [0.2, 0.25) is 0 Å². The van der Waals surface area contributed by atoms with Crippen molar-refractivity contribution in [3.8, 4) is 0 Å². The Kier molecular flexibility index (Phi) is 12.7. The number of amides is 4. The molecule has 6 N–H and O–H groups in total. The predicted molar refractivity (Wildman–Crippen MR) is 184 cm³/mol. The standard InChI is InChI=1S/C27H38N12O9S3/c1-26(2,3)47-24(44)29-7-9-38-23(33-36-37-38)50-12-13-11-49-20-15(19(41)39(20)16(13)21(42)43)31-18(40)14(17-32-22(28)51-35-17)34-46-10-8-30-25(45)48-27(4,5)6/h15,20H,7-12H2,1-6H3,(H,29,44)(H,30,45)(H,31,40)(H,42,43)(H2,28,32,35)/b34-14-/t15?,20-/m1/s1. The molecule has 0 bridgehead atoms. The lowest BCUT2D eigenvalue weighted by Gasteiger charge is -2.49. The number of carboxylic acid groups (broad SMARTS) is 1. The van der Waals surface area contributed by atoms with Crippen molar-refractivity contribution < 1.29 is 43.4 Å². The van der Waals surface area contributed by atoms with Gasteiger partial charge in [0.1, 0.15) is 34.9 Å². The molecule has 2 aliphatic heterocycles. The third-order valence-corrected chi connectivity index (χ3v) is 9.21. The van der Waals surface area contributed by atoms with E-state index in [-0.39, 0.29) is 60.1 Å². The second kappa shape index (κ2) is 16.5. The van der Waals surface area contributed by atoms with Crippen molar-refractivity contribution in [3.63, 3.8) is 0 Å².